The smallest absolute Gasteiger partial charge is 0.309 e. The van der Waals surface area contributed by atoms with Crippen molar-refractivity contribution in [1.82, 2.24) is 20.4 Å². The number of nitrogens with one attached hydrogen (secondary N) is 2. The van der Waals surface area contributed by atoms with Gasteiger partial charge in [0.05, 0.1) is 0 Å². The quantitative estimate of drug-likeness (QED) is 0.574. The van der Waals surface area contributed by atoms with Crippen LogP contribution >= 0.6 is 0 Å². The van der Waals surface area contributed by atoms with Crippen molar-refractivity contribution in [3.8, 4) is 0 Å². The molecule has 0 radical (unpaired) electrons. The molecule has 0 aliphatic carbocycles. The van der Waals surface area contributed by atoms with Crippen LogP contribution in [0, 0.1) is 0 Å². The number of hydrogen-bond acceptors (Lipinski definition) is 4. The van der Waals surface area contributed by atoms with Crippen molar-refractivity contribution in [2.45, 2.75) is 64.7 Å². The topological polar surface area (TPSA) is 64.2 Å². The fourth-order valence-electron chi connectivity index (χ4n) is 2.93. The highest BCUT2D eigenvalue weighted by Crippen LogP contribution is 2.28. The van der Waals surface area contributed by atoms with E-state index in [0.29, 0.717) is 25.2 Å². The fourth-order valence-corrected chi connectivity index (χ4v) is 2.93. The number of amides is 2. The molecular weight excluding hydrogens is 280 g/mol. The van der Waals surface area contributed by atoms with Crippen LogP contribution < -0.4 is 10.6 Å². The standard InChI is InChI=1S/C16H30N4O2/c1-15(2,3)19-9-11(19)7-17-13(21)14(22)18-8-12-10-20(12)16(4,5)6/h11-12H,7-10H2,1-6H3,(H,17,21)(H,18,22). The Labute approximate surface area is 133 Å². The SMILES string of the molecule is CC(C)(C)N1CC1CNC(=O)C(=O)NCC1CN1C(C)(C)C. The van der Waals surface area contributed by atoms with E-state index >= 15 is 0 Å². The van der Waals surface area contributed by atoms with E-state index in [9.17, 15) is 9.59 Å². The molecule has 0 saturated carbocycles. The summed E-state index contributed by atoms with van der Waals surface area (Å²) in [4.78, 5) is 28.2. The maximum Gasteiger partial charge on any atom is 0.309 e. The predicted molar refractivity (Wildman–Crippen MR) is 86.5 cm³/mol. The first-order chi connectivity index (χ1) is 10.00. The number of carbonyl (C=O) groups is 2. The van der Waals surface area contributed by atoms with Crippen LogP contribution in [-0.2, 0) is 9.59 Å². The summed E-state index contributed by atoms with van der Waals surface area (Å²) in [6.07, 6.45) is 0. The van der Waals surface area contributed by atoms with Crippen molar-refractivity contribution in [2.75, 3.05) is 26.2 Å². The van der Waals surface area contributed by atoms with E-state index in [4.69, 9.17) is 0 Å². The van der Waals surface area contributed by atoms with Crippen LogP contribution in [0.5, 0.6) is 0 Å². The lowest BCUT2D eigenvalue weighted by Crippen LogP contribution is -2.44. The first kappa shape index (κ1) is 17.2. The first-order valence-electron chi connectivity index (χ1n) is 8.09. The molecule has 4 atom stereocenters. The molecule has 2 saturated heterocycles. The average Bonchev–Trinajstić information content (AvgIpc) is 3.22. The van der Waals surface area contributed by atoms with E-state index in [1.54, 1.807) is 0 Å². The van der Waals surface area contributed by atoms with Crippen molar-refractivity contribution in [1.29, 1.82) is 0 Å². The van der Waals surface area contributed by atoms with Gasteiger partial charge in [-0.15, -0.1) is 0 Å². The largest absolute Gasteiger partial charge is 0.346 e. The summed E-state index contributed by atoms with van der Waals surface area (Å²) in [6.45, 7) is 16.0. The molecule has 2 aliphatic rings. The Bertz CT molecular complexity index is 408. The molecule has 6 nitrogen and oxygen atoms in total. The van der Waals surface area contributed by atoms with E-state index in [1.165, 1.54) is 0 Å². The van der Waals surface area contributed by atoms with Gasteiger partial charge in [-0.2, -0.15) is 0 Å². The Morgan fingerprint density at radius 1 is 0.818 bits per heavy atom. The Balaban J connectivity index is 1.62. The molecule has 2 N–H and O–H groups in total. The number of carbonyl (C=O) groups excluding carboxylic acids is 2. The van der Waals surface area contributed by atoms with Gasteiger partial charge in [-0.05, 0) is 41.5 Å². The van der Waals surface area contributed by atoms with Crippen LogP contribution in [0.2, 0.25) is 0 Å². The van der Waals surface area contributed by atoms with Gasteiger partial charge >= 0.3 is 11.8 Å². The minimum Gasteiger partial charge on any atom is -0.346 e. The van der Waals surface area contributed by atoms with Crippen LogP contribution in [0.4, 0.5) is 0 Å². The molecule has 0 aromatic carbocycles. The van der Waals surface area contributed by atoms with E-state index < -0.39 is 11.8 Å². The van der Waals surface area contributed by atoms with Crippen molar-refractivity contribution < 1.29 is 9.59 Å². The lowest BCUT2D eigenvalue weighted by atomic mass is 10.1. The summed E-state index contributed by atoms with van der Waals surface area (Å²) in [6, 6.07) is 0.716. The molecule has 2 heterocycles. The molecule has 22 heavy (non-hydrogen) atoms. The summed E-state index contributed by atoms with van der Waals surface area (Å²) in [5.41, 5.74) is 0.250. The third kappa shape index (κ3) is 4.43. The van der Waals surface area contributed by atoms with Crippen LogP contribution in [0.3, 0.4) is 0 Å². The Morgan fingerprint density at radius 3 is 1.36 bits per heavy atom. The highest BCUT2D eigenvalue weighted by atomic mass is 16.2. The molecule has 2 rings (SSSR count). The van der Waals surface area contributed by atoms with Crippen molar-refractivity contribution in [2.24, 2.45) is 0 Å². The summed E-state index contributed by atoms with van der Waals surface area (Å²) in [7, 11) is 0. The zero-order chi connectivity index (χ0) is 16.7. The fraction of sp³-hybridized carbons (Fsp3) is 0.875. The molecule has 2 aliphatic heterocycles. The van der Waals surface area contributed by atoms with Gasteiger partial charge in [-0.1, -0.05) is 0 Å². The molecule has 0 aromatic heterocycles. The third-order valence-corrected chi connectivity index (χ3v) is 4.36. The van der Waals surface area contributed by atoms with Crippen LogP contribution in [0.15, 0.2) is 0 Å². The second-order valence-corrected chi connectivity index (χ2v) is 8.37. The van der Waals surface area contributed by atoms with Gasteiger partial charge in [0.1, 0.15) is 0 Å². The lowest BCUT2D eigenvalue weighted by molar-refractivity contribution is -0.139. The van der Waals surface area contributed by atoms with Gasteiger partial charge in [-0.3, -0.25) is 19.4 Å². The van der Waals surface area contributed by atoms with E-state index in [2.05, 4.69) is 62.0 Å². The monoisotopic (exact) mass is 310 g/mol. The number of hydrogen-bond donors (Lipinski definition) is 2. The first-order valence-corrected chi connectivity index (χ1v) is 8.09. The second kappa shape index (κ2) is 5.81. The van der Waals surface area contributed by atoms with Crippen molar-refractivity contribution >= 4 is 11.8 Å². The van der Waals surface area contributed by atoms with Crippen LogP contribution in [-0.4, -0.2) is 71.0 Å². The van der Waals surface area contributed by atoms with Crippen LogP contribution in [0.1, 0.15) is 41.5 Å². The normalized spacial score (nSPS) is 30.6. The van der Waals surface area contributed by atoms with Gasteiger partial charge in [0.25, 0.3) is 0 Å². The summed E-state index contributed by atoms with van der Waals surface area (Å²) in [5.74, 6) is -1.05. The van der Waals surface area contributed by atoms with Crippen molar-refractivity contribution in [3.63, 3.8) is 0 Å². The van der Waals surface area contributed by atoms with Gasteiger partial charge < -0.3 is 10.6 Å². The summed E-state index contributed by atoms with van der Waals surface area (Å²) < 4.78 is 0. The minimum absolute atomic E-state index is 0.125. The predicted octanol–water partition coefficient (Wildman–Crippen LogP) is 0.184. The second-order valence-electron chi connectivity index (χ2n) is 8.37. The van der Waals surface area contributed by atoms with Gasteiger partial charge in [-0.25, -0.2) is 0 Å². The molecule has 126 valence electrons. The van der Waals surface area contributed by atoms with Crippen LogP contribution in [0.25, 0.3) is 0 Å². The molecular formula is C16H30N4O2. The molecule has 6 heteroatoms. The average molecular weight is 310 g/mol. The Hall–Kier alpha value is -1.14. The van der Waals surface area contributed by atoms with Gasteiger partial charge in [0, 0.05) is 49.3 Å². The summed E-state index contributed by atoms with van der Waals surface area (Å²) >= 11 is 0. The van der Waals surface area contributed by atoms with E-state index in [-0.39, 0.29) is 11.1 Å². The maximum absolute atomic E-state index is 11.8. The van der Waals surface area contributed by atoms with Crippen molar-refractivity contribution in [3.05, 3.63) is 0 Å². The van der Waals surface area contributed by atoms with Gasteiger partial charge in [0.15, 0.2) is 0 Å². The highest BCUT2D eigenvalue weighted by molar-refractivity contribution is 6.35. The third-order valence-electron chi connectivity index (χ3n) is 4.36. The van der Waals surface area contributed by atoms with E-state index in [0.717, 1.165) is 13.1 Å². The number of nitrogens with zero attached hydrogens (tertiary/aromatic N) is 2. The molecule has 2 fully saturated rings. The van der Waals surface area contributed by atoms with E-state index in [1.807, 2.05) is 0 Å². The molecule has 0 aromatic rings. The molecule has 2 amide bonds. The molecule has 0 bridgehead atoms. The molecule has 4 unspecified atom stereocenters. The Kier molecular flexibility index (Phi) is 4.55. The lowest BCUT2D eigenvalue weighted by Gasteiger charge is -2.21. The highest BCUT2D eigenvalue weighted by Gasteiger charge is 2.43. The molecule has 0 spiro atoms. The van der Waals surface area contributed by atoms with Gasteiger partial charge in [0.2, 0.25) is 0 Å². The minimum atomic E-state index is -0.524. The maximum atomic E-state index is 11.8. The Morgan fingerprint density at radius 2 is 1.14 bits per heavy atom. The zero-order valence-corrected chi connectivity index (χ0v) is 14.7. The zero-order valence-electron chi connectivity index (χ0n) is 14.7. The number of rotatable bonds is 4. The summed E-state index contributed by atoms with van der Waals surface area (Å²) in [5, 5.41) is 5.45.